The van der Waals surface area contributed by atoms with Gasteiger partial charge in [0, 0.05) is 21.2 Å². The molecule has 1 aliphatic rings. The first-order valence-electron chi connectivity index (χ1n) is 5.06. The fourth-order valence-electron chi connectivity index (χ4n) is 1.77. The van der Waals surface area contributed by atoms with Crippen molar-refractivity contribution in [3.05, 3.63) is 20.8 Å². The van der Waals surface area contributed by atoms with Gasteiger partial charge in [-0.3, -0.25) is 4.79 Å². The van der Waals surface area contributed by atoms with Gasteiger partial charge in [-0.15, -0.1) is 11.3 Å². The van der Waals surface area contributed by atoms with E-state index < -0.39 is 0 Å². The second-order valence-corrected chi connectivity index (χ2v) is 5.80. The molecule has 2 heterocycles. The van der Waals surface area contributed by atoms with Crippen LogP contribution in [0.5, 0.6) is 0 Å². The summed E-state index contributed by atoms with van der Waals surface area (Å²) in [7, 11) is 0. The molecule has 2 rings (SSSR count). The number of ether oxygens (including phenoxy) is 1. The maximum Gasteiger partial charge on any atom is 0.166 e. The highest BCUT2D eigenvalue weighted by atomic mass is 79.9. The van der Waals surface area contributed by atoms with Crippen LogP contribution in [0.4, 0.5) is 0 Å². The van der Waals surface area contributed by atoms with E-state index >= 15 is 0 Å². The van der Waals surface area contributed by atoms with Crippen molar-refractivity contribution >= 4 is 33.0 Å². The number of thiophene rings is 1. The summed E-state index contributed by atoms with van der Waals surface area (Å²) in [6, 6.07) is 2.00. The summed E-state index contributed by atoms with van der Waals surface area (Å²) in [4.78, 5) is 12.9. The van der Waals surface area contributed by atoms with Gasteiger partial charge in [0.25, 0.3) is 0 Å². The number of hydrogen-bond donors (Lipinski definition) is 0. The molecule has 0 amide bonds. The minimum absolute atomic E-state index is 0.166. The molecule has 1 fully saturated rings. The van der Waals surface area contributed by atoms with Crippen molar-refractivity contribution < 1.29 is 9.53 Å². The summed E-state index contributed by atoms with van der Waals surface area (Å²) < 4.78 is 6.60. The number of halogens is 1. The van der Waals surface area contributed by atoms with Gasteiger partial charge < -0.3 is 4.74 Å². The number of carbonyl (C=O) groups excluding carboxylic acids is 1. The van der Waals surface area contributed by atoms with Gasteiger partial charge in [-0.1, -0.05) is 0 Å². The molecule has 0 aliphatic carbocycles. The normalized spacial score (nSPS) is 25.7. The Bertz CT molecular complexity index is 361. The highest BCUT2D eigenvalue weighted by Crippen LogP contribution is 2.24. The summed E-state index contributed by atoms with van der Waals surface area (Å²) in [6.07, 6.45) is 2.47. The van der Waals surface area contributed by atoms with E-state index in [0.29, 0.717) is 6.42 Å². The van der Waals surface area contributed by atoms with Gasteiger partial charge in [0.1, 0.15) is 6.10 Å². The van der Waals surface area contributed by atoms with Gasteiger partial charge in [0.2, 0.25) is 0 Å². The standard InChI is InChI=1S/C11H13BrO2S/c1-7-2-3-11(14-7)10(13)5-9-4-8(12)6-15-9/h4,6-7,11H,2-3,5H2,1H3. The van der Waals surface area contributed by atoms with Crippen LogP contribution < -0.4 is 0 Å². The third kappa shape index (κ3) is 2.89. The lowest BCUT2D eigenvalue weighted by Gasteiger charge is -2.08. The van der Waals surface area contributed by atoms with E-state index in [1.54, 1.807) is 11.3 Å². The molecule has 2 nitrogen and oxygen atoms in total. The van der Waals surface area contributed by atoms with E-state index in [-0.39, 0.29) is 18.0 Å². The molecular weight excluding hydrogens is 276 g/mol. The lowest BCUT2D eigenvalue weighted by molar-refractivity contribution is -0.128. The quantitative estimate of drug-likeness (QED) is 0.854. The predicted molar refractivity (Wildman–Crippen MR) is 64.3 cm³/mol. The zero-order chi connectivity index (χ0) is 10.8. The van der Waals surface area contributed by atoms with Crippen LogP contribution in [-0.4, -0.2) is 18.0 Å². The predicted octanol–water partition coefficient (Wildman–Crippen LogP) is 3.19. The van der Waals surface area contributed by atoms with E-state index in [9.17, 15) is 4.79 Å². The topological polar surface area (TPSA) is 26.3 Å². The smallest absolute Gasteiger partial charge is 0.166 e. The largest absolute Gasteiger partial charge is 0.367 e. The average molecular weight is 289 g/mol. The molecule has 1 aromatic rings. The summed E-state index contributed by atoms with van der Waals surface area (Å²) in [5, 5.41) is 2.00. The van der Waals surface area contributed by atoms with E-state index in [2.05, 4.69) is 15.9 Å². The number of carbonyl (C=O) groups is 1. The molecule has 1 aliphatic heterocycles. The Balaban J connectivity index is 1.92. The van der Waals surface area contributed by atoms with Crippen molar-refractivity contribution in [1.29, 1.82) is 0 Å². The second-order valence-electron chi connectivity index (χ2n) is 3.89. The summed E-state index contributed by atoms with van der Waals surface area (Å²) in [5.41, 5.74) is 0. The molecule has 0 spiro atoms. The van der Waals surface area contributed by atoms with Crippen molar-refractivity contribution in [3.8, 4) is 0 Å². The molecule has 15 heavy (non-hydrogen) atoms. The minimum atomic E-state index is -0.166. The van der Waals surface area contributed by atoms with Crippen LogP contribution in [0.25, 0.3) is 0 Å². The third-order valence-electron chi connectivity index (χ3n) is 2.56. The fraction of sp³-hybridized carbons (Fsp3) is 0.545. The van der Waals surface area contributed by atoms with Crippen LogP contribution >= 0.6 is 27.3 Å². The maximum absolute atomic E-state index is 11.8. The van der Waals surface area contributed by atoms with E-state index in [4.69, 9.17) is 4.74 Å². The molecule has 0 radical (unpaired) electrons. The number of Topliss-reactive ketones (excluding diaryl/α,β-unsaturated/α-hetero) is 1. The number of rotatable bonds is 3. The molecule has 0 N–H and O–H groups in total. The molecule has 2 atom stereocenters. The first-order valence-corrected chi connectivity index (χ1v) is 6.73. The highest BCUT2D eigenvalue weighted by Gasteiger charge is 2.27. The zero-order valence-electron chi connectivity index (χ0n) is 8.53. The maximum atomic E-state index is 11.8. The van der Waals surface area contributed by atoms with Crippen molar-refractivity contribution in [2.45, 2.75) is 38.4 Å². The Hall–Kier alpha value is -0.190. The van der Waals surface area contributed by atoms with Crippen molar-refractivity contribution in [2.24, 2.45) is 0 Å². The Labute approximate surface area is 102 Å². The Morgan fingerprint density at radius 2 is 2.47 bits per heavy atom. The van der Waals surface area contributed by atoms with Crippen LogP contribution in [0.3, 0.4) is 0 Å². The van der Waals surface area contributed by atoms with Gasteiger partial charge in [-0.25, -0.2) is 0 Å². The molecule has 82 valence electrons. The van der Waals surface area contributed by atoms with E-state index in [1.165, 1.54) is 0 Å². The Morgan fingerprint density at radius 3 is 3.00 bits per heavy atom. The molecular formula is C11H13BrO2S. The van der Waals surface area contributed by atoms with Gasteiger partial charge in [0.05, 0.1) is 6.10 Å². The fourth-order valence-corrected chi connectivity index (χ4v) is 3.23. The van der Waals surface area contributed by atoms with Crippen molar-refractivity contribution in [1.82, 2.24) is 0 Å². The summed E-state index contributed by atoms with van der Waals surface area (Å²) in [6.45, 7) is 2.02. The summed E-state index contributed by atoms with van der Waals surface area (Å²) in [5.74, 6) is 0.216. The van der Waals surface area contributed by atoms with Gasteiger partial charge in [-0.05, 0) is 41.8 Å². The number of ketones is 1. The lowest BCUT2D eigenvalue weighted by Crippen LogP contribution is -2.22. The lowest BCUT2D eigenvalue weighted by atomic mass is 10.1. The Kier molecular flexibility index (Phi) is 3.59. The molecule has 1 aromatic heterocycles. The van der Waals surface area contributed by atoms with Crippen LogP contribution in [-0.2, 0) is 16.0 Å². The summed E-state index contributed by atoms with van der Waals surface area (Å²) >= 11 is 5.00. The van der Waals surface area contributed by atoms with E-state index in [0.717, 1.165) is 22.2 Å². The molecule has 0 saturated carbocycles. The molecule has 1 saturated heterocycles. The first-order chi connectivity index (χ1) is 7.15. The van der Waals surface area contributed by atoms with E-state index in [1.807, 2.05) is 18.4 Å². The van der Waals surface area contributed by atoms with Crippen molar-refractivity contribution in [3.63, 3.8) is 0 Å². The molecule has 4 heteroatoms. The minimum Gasteiger partial charge on any atom is -0.367 e. The molecule has 0 bridgehead atoms. The van der Waals surface area contributed by atoms with Gasteiger partial charge in [0.15, 0.2) is 5.78 Å². The third-order valence-corrected chi connectivity index (χ3v) is 4.26. The highest BCUT2D eigenvalue weighted by molar-refractivity contribution is 9.10. The van der Waals surface area contributed by atoms with Crippen LogP contribution in [0.15, 0.2) is 15.9 Å². The van der Waals surface area contributed by atoms with Crippen LogP contribution in [0, 0.1) is 0 Å². The molecule has 0 aromatic carbocycles. The van der Waals surface area contributed by atoms with Gasteiger partial charge >= 0.3 is 0 Å². The van der Waals surface area contributed by atoms with Crippen LogP contribution in [0.2, 0.25) is 0 Å². The second kappa shape index (κ2) is 4.76. The molecule has 2 unspecified atom stereocenters. The first kappa shape index (κ1) is 11.3. The number of hydrogen-bond acceptors (Lipinski definition) is 3. The van der Waals surface area contributed by atoms with Crippen molar-refractivity contribution in [2.75, 3.05) is 0 Å². The SMILES string of the molecule is CC1CCC(C(=O)Cc2cc(Br)cs2)O1. The van der Waals surface area contributed by atoms with Gasteiger partial charge in [-0.2, -0.15) is 0 Å². The van der Waals surface area contributed by atoms with Crippen LogP contribution in [0.1, 0.15) is 24.6 Å². The Morgan fingerprint density at radius 1 is 1.67 bits per heavy atom. The average Bonchev–Trinajstić information content (AvgIpc) is 2.75. The zero-order valence-corrected chi connectivity index (χ0v) is 10.9. The monoisotopic (exact) mass is 288 g/mol.